The normalized spacial score (nSPS) is 21.5. The van der Waals surface area contributed by atoms with Crippen LogP contribution in [0.5, 0.6) is 0 Å². The Morgan fingerprint density at radius 3 is 2.50 bits per heavy atom. The summed E-state index contributed by atoms with van der Waals surface area (Å²) in [6.07, 6.45) is -4.46. The SMILES string of the molecule is Cc1nc2ccccc2c(N2C[C@@H](C(F)(F)F)[C@H](C(N)=O)C2)c1C. The van der Waals surface area contributed by atoms with E-state index in [4.69, 9.17) is 5.73 Å². The minimum atomic E-state index is -4.46. The summed E-state index contributed by atoms with van der Waals surface area (Å²) in [4.78, 5) is 17.6. The fourth-order valence-electron chi connectivity index (χ4n) is 3.42. The van der Waals surface area contributed by atoms with Gasteiger partial charge in [-0.3, -0.25) is 9.78 Å². The number of aryl methyl sites for hydroxylation is 1. The molecule has 1 aromatic heterocycles. The van der Waals surface area contributed by atoms with Crippen LogP contribution >= 0.6 is 0 Å². The van der Waals surface area contributed by atoms with Crippen molar-refractivity contribution in [2.24, 2.45) is 17.6 Å². The van der Waals surface area contributed by atoms with Crippen molar-refractivity contribution < 1.29 is 18.0 Å². The van der Waals surface area contributed by atoms with E-state index in [9.17, 15) is 18.0 Å². The van der Waals surface area contributed by atoms with Crippen molar-refractivity contribution in [3.05, 3.63) is 35.5 Å². The molecular formula is C17H18F3N3O. The van der Waals surface area contributed by atoms with Crippen LogP contribution in [0.1, 0.15) is 11.3 Å². The number of alkyl halides is 3. The zero-order valence-corrected chi connectivity index (χ0v) is 13.4. The molecule has 1 fully saturated rings. The van der Waals surface area contributed by atoms with Crippen LogP contribution in [0, 0.1) is 25.7 Å². The lowest BCUT2D eigenvalue weighted by Gasteiger charge is -2.24. The minimum absolute atomic E-state index is 0.0339. The van der Waals surface area contributed by atoms with Crippen molar-refractivity contribution in [1.29, 1.82) is 0 Å². The van der Waals surface area contributed by atoms with Gasteiger partial charge in [0, 0.05) is 24.2 Å². The third-order valence-electron chi connectivity index (χ3n) is 4.77. The van der Waals surface area contributed by atoms with Gasteiger partial charge < -0.3 is 10.6 Å². The van der Waals surface area contributed by atoms with Gasteiger partial charge in [-0.2, -0.15) is 13.2 Å². The molecule has 24 heavy (non-hydrogen) atoms. The van der Waals surface area contributed by atoms with Gasteiger partial charge in [0.25, 0.3) is 0 Å². The molecule has 0 aliphatic carbocycles. The fraction of sp³-hybridized carbons (Fsp3) is 0.412. The van der Waals surface area contributed by atoms with Crippen LogP contribution in [0.15, 0.2) is 24.3 Å². The second-order valence-corrected chi connectivity index (χ2v) is 6.25. The number of amides is 1. The molecular weight excluding hydrogens is 319 g/mol. The van der Waals surface area contributed by atoms with Crippen LogP contribution in [0.2, 0.25) is 0 Å². The van der Waals surface area contributed by atoms with Crippen molar-refractivity contribution >= 4 is 22.5 Å². The Bertz CT molecular complexity index is 804. The molecule has 7 heteroatoms. The number of anilines is 1. The molecule has 0 spiro atoms. The molecule has 4 nitrogen and oxygen atoms in total. The van der Waals surface area contributed by atoms with Gasteiger partial charge in [0.05, 0.1) is 23.0 Å². The Kier molecular flexibility index (Phi) is 3.89. The van der Waals surface area contributed by atoms with Gasteiger partial charge in [-0.1, -0.05) is 18.2 Å². The van der Waals surface area contributed by atoms with E-state index in [1.54, 1.807) is 4.90 Å². The zero-order valence-electron chi connectivity index (χ0n) is 13.4. The van der Waals surface area contributed by atoms with Gasteiger partial charge in [0.15, 0.2) is 0 Å². The van der Waals surface area contributed by atoms with Gasteiger partial charge in [0.1, 0.15) is 0 Å². The molecule has 0 unspecified atom stereocenters. The van der Waals surface area contributed by atoms with Crippen LogP contribution < -0.4 is 10.6 Å². The number of rotatable bonds is 2. The lowest BCUT2D eigenvalue weighted by atomic mass is 9.95. The highest BCUT2D eigenvalue weighted by atomic mass is 19.4. The molecule has 1 saturated heterocycles. The number of fused-ring (bicyclic) bond motifs is 1. The molecule has 128 valence electrons. The molecule has 0 radical (unpaired) electrons. The Morgan fingerprint density at radius 1 is 1.25 bits per heavy atom. The number of carbonyl (C=O) groups excluding carboxylic acids is 1. The smallest absolute Gasteiger partial charge is 0.369 e. The van der Waals surface area contributed by atoms with Crippen LogP contribution in [0.3, 0.4) is 0 Å². The van der Waals surface area contributed by atoms with Gasteiger partial charge in [-0.05, 0) is 25.5 Å². The van der Waals surface area contributed by atoms with E-state index < -0.39 is 23.9 Å². The number of nitrogens with two attached hydrogens (primary N) is 1. The second kappa shape index (κ2) is 5.65. The summed E-state index contributed by atoms with van der Waals surface area (Å²) in [5.74, 6) is -3.90. The second-order valence-electron chi connectivity index (χ2n) is 6.25. The summed E-state index contributed by atoms with van der Waals surface area (Å²) in [5, 5.41) is 0.784. The third-order valence-corrected chi connectivity index (χ3v) is 4.77. The average Bonchev–Trinajstić information content (AvgIpc) is 2.94. The van der Waals surface area contributed by atoms with E-state index in [0.717, 1.165) is 22.2 Å². The Labute approximate surface area is 137 Å². The van der Waals surface area contributed by atoms with E-state index in [-0.39, 0.29) is 13.1 Å². The summed E-state index contributed by atoms with van der Waals surface area (Å²) in [6.45, 7) is 3.36. The van der Waals surface area contributed by atoms with Crippen molar-refractivity contribution in [3.63, 3.8) is 0 Å². The van der Waals surface area contributed by atoms with Crippen LogP contribution in [-0.2, 0) is 4.79 Å². The first-order valence-corrected chi connectivity index (χ1v) is 7.67. The minimum Gasteiger partial charge on any atom is -0.369 e. The van der Waals surface area contributed by atoms with Crippen molar-refractivity contribution in [2.45, 2.75) is 20.0 Å². The van der Waals surface area contributed by atoms with E-state index in [1.807, 2.05) is 38.1 Å². The van der Waals surface area contributed by atoms with E-state index in [0.29, 0.717) is 5.69 Å². The average molecular weight is 337 g/mol. The number of halogens is 3. The summed E-state index contributed by atoms with van der Waals surface area (Å²) >= 11 is 0. The highest BCUT2D eigenvalue weighted by Crippen LogP contribution is 2.42. The van der Waals surface area contributed by atoms with Crippen molar-refractivity contribution in [1.82, 2.24) is 4.98 Å². The highest BCUT2D eigenvalue weighted by molar-refractivity contribution is 5.94. The molecule has 3 rings (SSSR count). The summed E-state index contributed by atoms with van der Waals surface area (Å²) < 4.78 is 39.9. The van der Waals surface area contributed by atoms with Crippen LogP contribution in [0.4, 0.5) is 18.9 Å². The first-order chi connectivity index (χ1) is 11.2. The maximum atomic E-state index is 13.3. The van der Waals surface area contributed by atoms with Crippen LogP contribution in [0.25, 0.3) is 10.9 Å². The first kappa shape index (κ1) is 16.5. The molecule has 1 aliphatic heterocycles. The Balaban J connectivity index is 2.12. The molecule has 1 amide bonds. The van der Waals surface area contributed by atoms with Crippen molar-refractivity contribution in [3.8, 4) is 0 Å². The zero-order chi connectivity index (χ0) is 17.6. The predicted octanol–water partition coefficient (Wildman–Crippen LogP) is 2.95. The Hall–Kier alpha value is -2.31. The number of nitrogens with zero attached hydrogens (tertiary/aromatic N) is 2. The van der Waals surface area contributed by atoms with E-state index >= 15 is 0 Å². The number of aromatic nitrogens is 1. The predicted molar refractivity (Wildman–Crippen MR) is 85.7 cm³/mol. The van der Waals surface area contributed by atoms with Gasteiger partial charge in [-0.25, -0.2) is 0 Å². The van der Waals surface area contributed by atoms with Gasteiger partial charge >= 0.3 is 6.18 Å². The maximum absolute atomic E-state index is 13.3. The topological polar surface area (TPSA) is 59.2 Å². The molecule has 2 aromatic rings. The lowest BCUT2D eigenvalue weighted by Crippen LogP contribution is -2.37. The Morgan fingerprint density at radius 2 is 1.92 bits per heavy atom. The first-order valence-electron chi connectivity index (χ1n) is 7.67. The summed E-state index contributed by atoms with van der Waals surface area (Å²) in [7, 11) is 0. The molecule has 1 aromatic carbocycles. The van der Waals surface area contributed by atoms with Crippen LogP contribution in [-0.4, -0.2) is 30.2 Å². The molecule has 2 N–H and O–H groups in total. The number of hydrogen-bond donors (Lipinski definition) is 1. The fourth-order valence-corrected chi connectivity index (χ4v) is 3.42. The van der Waals surface area contributed by atoms with Crippen molar-refractivity contribution in [2.75, 3.05) is 18.0 Å². The van der Waals surface area contributed by atoms with Gasteiger partial charge in [-0.15, -0.1) is 0 Å². The number of hydrogen-bond acceptors (Lipinski definition) is 3. The monoisotopic (exact) mass is 337 g/mol. The molecule has 1 aliphatic rings. The largest absolute Gasteiger partial charge is 0.394 e. The number of para-hydroxylation sites is 1. The number of carbonyl (C=O) groups is 1. The maximum Gasteiger partial charge on any atom is 0.394 e. The number of primary amides is 1. The molecule has 0 saturated carbocycles. The number of pyridine rings is 1. The quantitative estimate of drug-likeness (QED) is 0.917. The number of benzene rings is 1. The van der Waals surface area contributed by atoms with E-state index in [1.165, 1.54) is 0 Å². The summed E-state index contributed by atoms with van der Waals surface area (Å²) in [5.41, 5.74) is 8.23. The summed E-state index contributed by atoms with van der Waals surface area (Å²) in [6, 6.07) is 7.33. The lowest BCUT2D eigenvalue weighted by molar-refractivity contribution is -0.181. The highest BCUT2D eigenvalue weighted by Gasteiger charge is 2.52. The van der Waals surface area contributed by atoms with Gasteiger partial charge in [0.2, 0.25) is 5.91 Å². The molecule has 0 bridgehead atoms. The molecule has 2 atom stereocenters. The molecule has 2 heterocycles. The van der Waals surface area contributed by atoms with E-state index in [2.05, 4.69) is 4.98 Å². The standard InChI is InChI=1S/C17H18F3N3O/c1-9-10(2)22-14-6-4-3-5-11(14)15(9)23-7-12(16(21)24)13(8-23)17(18,19)20/h3-6,12-13H,7-8H2,1-2H3,(H2,21,24)/t12-,13-/m1/s1. The third kappa shape index (κ3) is 2.68.